The van der Waals surface area contributed by atoms with Gasteiger partial charge in [-0.1, -0.05) is 50.2 Å². The van der Waals surface area contributed by atoms with Crippen LogP contribution in [0.2, 0.25) is 0 Å². The van der Waals surface area contributed by atoms with Gasteiger partial charge in [0.2, 0.25) is 0 Å². The highest BCUT2D eigenvalue weighted by atomic mass is 16.6. The van der Waals surface area contributed by atoms with E-state index in [-0.39, 0.29) is 13.2 Å². The van der Waals surface area contributed by atoms with E-state index in [1.807, 2.05) is 30.3 Å². The molecule has 7 nitrogen and oxygen atoms in total. The lowest BCUT2D eigenvalue weighted by Gasteiger charge is -2.21. The molecule has 2 aromatic carbocycles. The Balaban J connectivity index is 2.02. The Hall–Kier alpha value is -3.22. The van der Waals surface area contributed by atoms with Gasteiger partial charge in [0.15, 0.2) is 17.6 Å². The number of carbonyl (C=O) groups is 2. The number of methoxy groups -OCH3 is 1. The van der Waals surface area contributed by atoms with Crippen molar-refractivity contribution in [3.8, 4) is 11.5 Å². The third-order valence-electron chi connectivity index (χ3n) is 4.67. The Kier molecular flexibility index (Phi) is 9.18. The maximum atomic E-state index is 12.7. The van der Waals surface area contributed by atoms with Crippen LogP contribution >= 0.6 is 0 Å². The molecule has 0 radical (unpaired) electrons. The number of primary amides is 1. The smallest absolute Gasteiger partial charge is 0.404 e. The van der Waals surface area contributed by atoms with Crippen molar-refractivity contribution in [2.75, 3.05) is 20.3 Å². The molecule has 0 saturated carbocycles. The quantitative estimate of drug-likeness (QED) is 0.541. The maximum absolute atomic E-state index is 12.7. The van der Waals surface area contributed by atoms with Gasteiger partial charge in [0.1, 0.15) is 13.2 Å². The van der Waals surface area contributed by atoms with Crippen LogP contribution in [-0.4, -0.2) is 38.5 Å². The molecule has 2 aromatic rings. The van der Waals surface area contributed by atoms with Crippen LogP contribution in [0.4, 0.5) is 4.79 Å². The molecule has 0 aliphatic rings. The van der Waals surface area contributed by atoms with E-state index >= 15 is 0 Å². The molecule has 2 rings (SSSR count). The molecule has 2 unspecified atom stereocenters. The summed E-state index contributed by atoms with van der Waals surface area (Å²) in [5.74, 6) is 0.647. The minimum absolute atomic E-state index is 0.0283. The van der Waals surface area contributed by atoms with E-state index < -0.39 is 24.1 Å². The van der Waals surface area contributed by atoms with Gasteiger partial charge in [-0.25, -0.2) is 4.79 Å². The molecule has 2 N–H and O–H groups in total. The van der Waals surface area contributed by atoms with Crippen LogP contribution < -0.4 is 15.2 Å². The first-order valence-corrected chi connectivity index (χ1v) is 10.3. The summed E-state index contributed by atoms with van der Waals surface area (Å²) in [6.07, 6.45) is -0.800. The lowest BCUT2D eigenvalue weighted by Crippen LogP contribution is -2.33. The topological polar surface area (TPSA) is 97.1 Å². The molecule has 0 spiro atoms. The van der Waals surface area contributed by atoms with Crippen LogP contribution in [0.1, 0.15) is 37.8 Å². The van der Waals surface area contributed by atoms with Gasteiger partial charge < -0.3 is 24.7 Å². The van der Waals surface area contributed by atoms with Gasteiger partial charge in [0.05, 0.1) is 13.0 Å². The fourth-order valence-electron chi connectivity index (χ4n) is 3.03. The molecule has 0 fully saturated rings. The number of esters is 1. The van der Waals surface area contributed by atoms with Crippen LogP contribution in [0.3, 0.4) is 0 Å². The largest absolute Gasteiger partial charge is 0.493 e. The Morgan fingerprint density at radius 3 is 2.16 bits per heavy atom. The van der Waals surface area contributed by atoms with E-state index in [1.54, 1.807) is 25.1 Å². The zero-order valence-electron chi connectivity index (χ0n) is 18.5. The molecule has 0 aliphatic carbocycles. The van der Waals surface area contributed by atoms with Gasteiger partial charge in [0, 0.05) is 0 Å². The van der Waals surface area contributed by atoms with Crippen LogP contribution in [0.25, 0.3) is 0 Å². The highest BCUT2D eigenvalue weighted by Crippen LogP contribution is 2.26. The Morgan fingerprint density at radius 1 is 0.935 bits per heavy atom. The van der Waals surface area contributed by atoms with Gasteiger partial charge in [-0.05, 0) is 42.5 Å². The van der Waals surface area contributed by atoms with Crippen molar-refractivity contribution in [2.24, 2.45) is 11.7 Å². The lowest BCUT2D eigenvalue weighted by atomic mass is 9.97. The first kappa shape index (κ1) is 24.1. The second-order valence-corrected chi connectivity index (χ2v) is 7.71. The van der Waals surface area contributed by atoms with Gasteiger partial charge in [-0.2, -0.15) is 0 Å². The van der Waals surface area contributed by atoms with Gasteiger partial charge in [-0.15, -0.1) is 0 Å². The number of carbonyl (C=O) groups excluding carboxylic acids is 2. The Morgan fingerprint density at radius 2 is 1.58 bits per heavy atom. The third-order valence-corrected chi connectivity index (χ3v) is 4.67. The third kappa shape index (κ3) is 7.85. The van der Waals surface area contributed by atoms with Crippen molar-refractivity contribution in [3.05, 3.63) is 59.7 Å². The fourth-order valence-corrected chi connectivity index (χ4v) is 3.03. The second kappa shape index (κ2) is 11.8. The Bertz CT molecular complexity index is 849. The SMILES string of the molecule is COc1ccccc1OCC(COC(N)=O)OC(=O)C(C)c1ccc(CC(C)C)cc1. The van der Waals surface area contributed by atoms with E-state index in [2.05, 4.69) is 13.8 Å². The normalized spacial score (nSPS) is 12.7. The number of rotatable bonds is 11. The fraction of sp³-hybridized carbons (Fsp3) is 0.417. The van der Waals surface area contributed by atoms with E-state index in [0.717, 1.165) is 12.0 Å². The van der Waals surface area contributed by atoms with E-state index in [4.69, 9.17) is 24.7 Å². The summed E-state index contributed by atoms with van der Waals surface area (Å²) in [5, 5.41) is 0. The number of amides is 1. The van der Waals surface area contributed by atoms with E-state index in [1.165, 1.54) is 12.7 Å². The van der Waals surface area contributed by atoms with E-state index in [0.29, 0.717) is 17.4 Å². The number of hydrogen-bond donors (Lipinski definition) is 1. The summed E-state index contributed by atoms with van der Waals surface area (Å²) in [6, 6.07) is 15.0. The second-order valence-electron chi connectivity index (χ2n) is 7.71. The number of ether oxygens (including phenoxy) is 4. The summed E-state index contributed by atoms with van der Waals surface area (Å²) in [7, 11) is 1.53. The molecule has 0 bridgehead atoms. The zero-order valence-corrected chi connectivity index (χ0v) is 18.5. The summed E-state index contributed by atoms with van der Waals surface area (Å²) >= 11 is 0. The maximum Gasteiger partial charge on any atom is 0.404 e. The Labute approximate surface area is 183 Å². The molecule has 0 aromatic heterocycles. The van der Waals surface area contributed by atoms with Crippen molar-refractivity contribution in [2.45, 2.75) is 39.2 Å². The minimum Gasteiger partial charge on any atom is -0.493 e. The standard InChI is InChI=1S/C24H31NO6/c1-16(2)13-18-9-11-19(12-10-18)17(3)23(26)31-20(15-30-24(25)27)14-29-22-8-6-5-7-21(22)28-4/h5-12,16-17,20H,13-15H2,1-4H3,(H2,25,27). The molecule has 7 heteroatoms. The van der Waals surface area contributed by atoms with Crippen molar-refractivity contribution in [1.82, 2.24) is 0 Å². The molecule has 0 saturated heterocycles. The molecule has 0 heterocycles. The number of para-hydroxylation sites is 2. The van der Waals surface area contributed by atoms with Crippen LogP contribution in [0, 0.1) is 5.92 Å². The van der Waals surface area contributed by atoms with Gasteiger partial charge in [0.25, 0.3) is 0 Å². The van der Waals surface area contributed by atoms with Crippen molar-refractivity contribution >= 4 is 12.1 Å². The molecule has 31 heavy (non-hydrogen) atoms. The zero-order chi connectivity index (χ0) is 22.8. The van der Waals surface area contributed by atoms with Crippen molar-refractivity contribution in [1.29, 1.82) is 0 Å². The monoisotopic (exact) mass is 429 g/mol. The predicted molar refractivity (Wildman–Crippen MR) is 117 cm³/mol. The van der Waals surface area contributed by atoms with Crippen molar-refractivity contribution in [3.63, 3.8) is 0 Å². The number of hydrogen-bond acceptors (Lipinski definition) is 6. The van der Waals surface area contributed by atoms with E-state index in [9.17, 15) is 9.59 Å². The summed E-state index contributed by atoms with van der Waals surface area (Å²) in [6.45, 7) is 5.85. The first-order chi connectivity index (χ1) is 14.8. The molecule has 168 valence electrons. The van der Waals surface area contributed by atoms with Crippen LogP contribution in [-0.2, 0) is 20.7 Å². The van der Waals surface area contributed by atoms with Gasteiger partial charge in [-0.3, -0.25) is 4.79 Å². The lowest BCUT2D eigenvalue weighted by molar-refractivity contribution is -0.154. The minimum atomic E-state index is -0.952. The average molecular weight is 430 g/mol. The summed E-state index contributed by atoms with van der Waals surface area (Å²) in [4.78, 5) is 23.7. The van der Waals surface area contributed by atoms with Crippen LogP contribution in [0.5, 0.6) is 11.5 Å². The van der Waals surface area contributed by atoms with Gasteiger partial charge >= 0.3 is 12.1 Å². The molecular formula is C24H31NO6. The molecule has 0 aliphatic heterocycles. The average Bonchev–Trinajstić information content (AvgIpc) is 2.75. The summed E-state index contributed by atoms with van der Waals surface area (Å²) < 4.78 is 21.4. The highest BCUT2D eigenvalue weighted by molar-refractivity contribution is 5.78. The molecular weight excluding hydrogens is 398 g/mol. The highest BCUT2D eigenvalue weighted by Gasteiger charge is 2.23. The number of nitrogens with two attached hydrogens (primary N) is 1. The summed E-state index contributed by atoms with van der Waals surface area (Å²) in [5.41, 5.74) is 7.13. The van der Waals surface area contributed by atoms with Crippen LogP contribution in [0.15, 0.2) is 48.5 Å². The first-order valence-electron chi connectivity index (χ1n) is 10.3. The molecule has 1 amide bonds. The predicted octanol–water partition coefficient (Wildman–Crippen LogP) is 4.08. The van der Waals surface area contributed by atoms with Crippen molar-refractivity contribution < 1.29 is 28.5 Å². The number of benzene rings is 2. The molecule has 2 atom stereocenters.